The third-order valence-corrected chi connectivity index (χ3v) is 9.84. The number of nitrogens with zero attached hydrogens (tertiary/aromatic N) is 6. The molecule has 1 N–H and O–H groups in total. The predicted molar refractivity (Wildman–Crippen MR) is 173 cm³/mol. The van der Waals surface area contributed by atoms with E-state index < -0.39 is 10.0 Å². The van der Waals surface area contributed by atoms with Crippen LogP contribution < -0.4 is 4.72 Å². The Hall–Kier alpha value is -4.71. The molecule has 0 radical (unpaired) electrons. The van der Waals surface area contributed by atoms with E-state index in [0.717, 1.165) is 51.4 Å². The van der Waals surface area contributed by atoms with Crippen LogP contribution in [-0.2, 0) is 29.5 Å². The molecule has 2 aromatic carbocycles. The average molecular weight is 628 g/mol. The number of imidazole rings is 1. The van der Waals surface area contributed by atoms with Crippen molar-refractivity contribution in [2.24, 2.45) is 0 Å². The van der Waals surface area contributed by atoms with E-state index in [-0.39, 0.29) is 16.7 Å². The summed E-state index contributed by atoms with van der Waals surface area (Å²) in [5.41, 5.74) is 7.46. The number of rotatable bonds is 9. The Bertz CT molecular complexity index is 2050. The third kappa shape index (κ3) is 5.66. The molecule has 1 aliphatic heterocycles. The predicted octanol–water partition coefficient (Wildman–Crippen LogP) is 5.60. The van der Waals surface area contributed by atoms with Crippen LogP contribution in [-0.4, -0.2) is 64.1 Å². The number of pyridine rings is 1. The van der Waals surface area contributed by atoms with Gasteiger partial charge < -0.3 is 18.9 Å². The van der Waals surface area contributed by atoms with Crippen molar-refractivity contribution in [3.05, 3.63) is 88.1 Å². The molecule has 0 aliphatic carbocycles. The molecule has 1 aliphatic rings. The second-order valence-corrected chi connectivity index (χ2v) is 13.3. The van der Waals surface area contributed by atoms with Crippen LogP contribution in [0.25, 0.3) is 22.3 Å². The molecule has 4 heterocycles. The summed E-state index contributed by atoms with van der Waals surface area (Å²) in [7, 11) is -2.25. The summed E-state index contributed by atoms with van der Waals surface area (Å²) in [5, 5.41) is 3.90. The van der Waals surface area contributed by atoms with Crippen LogP contribution in [0, 0.1) is 27.7 Å². The molecule has 0 spiro atoms. The van der Waals surface area contributed by atoms with Gasteiger partial charge in [-0.05, 0) is 62.1 Å². The molecular weight excluding hydrogens is 590 g/mol. The summed E-state index contributed by atoms with van der Waals surface area (Å²) in [5.74, 6) is 1.63. The van der Waals surface area contributed by atoms with Crippen LogP contribution in [0.2, 0.25) is 0 Å². The standard InChI is InChI=1S/C33H37N7O4S/c1-7-29-35-30-20(2)16-21(3)34-32(30)40(29)18-24-12-13-26(25(17-24)19-39-15-14-38(6)33(39)41)27-10-8-9-11-28(27)45(42,43)37-31-22(4)23(5)44-36-31/h8-13,16-17H,7,14-15,18-19H2,1-6H3,(H,36,37). The lowest BCUT2D eigenvalue weighted by Crippen LogP contribution is -2.29. The highest BCUT2D eigenvalue weighted by Crippen LogP contribution is 2.34. The highest BCUT2D eigenvalue weighted by atomic mass is 32.2. The highest BCUT2D eigenvalue weighted by molar-refractivity contribution is 7.92. The van der Waals surface area contributed by atoms with Gasteiger partial charge in [0.2, 0.25) is 0 Å². The van der Waals surface area contributed by atoms with Gasteiger partial charge in [0.05, 0.1) is 11.4 Å². The van der Waals surface area contributed by atoms with Gasteiger partial charge in [-0.3, -0.25) is 4.72 Å². The molecule has 1 saturated heterocycles. The van der Waals surface area contributed by atoms with Crippen LogP contribution in [0.5, 0.6) is 0 Å². The zero-order valence-electron chi connectivity index (χ0n) is 26.4. The molecular formula is C33H37N7O4S. The van der Waals surface area contributed by atoms with Gasteiger partial charge in [-0.25, -0.2) is 23.2 Å². The van der Waals surface area contributed by atoms with Crippen LogP contribution in [0.3, 0.4) is 0 Å². The third-order valence-electron chi connectivity index (χ3n) is 8.45. The molecule has 234 valence electrons. The number of sulfonamides is 1. The number of amides is 2. The summed E-state index contributed by atoms with van der Waals surface area (Å²) in [6.45, 7) is 11.7. The Labute approximate surface area is 262 Å². The fourth-order valence-corrected chi connectivity index (χ4v) is 7.16. The molecule has 45 heavy (non-hydrogen) atoms. The van der Waals surface area contributed by atoms with Crippen molar-refractivity contribution >= 4 is 33.0 Å². The zero-order valence-corrected chi connectivity index (χ0v) is 27.2. The van der Waals surface area contributed by atoms with Gasteiger partial charge in [0.1, 0.15) is 17.1 Å². The van der Waals surface area contributed by atoms with Crippen LogP contribution in [0.15, 0.2) is 57.9 Å². The number of fused-ring (bicyclic) bond motifs is 1. The van der Waals surface area contributed by atoms with Crippen LogP contribution >= 0.6 is 0 Å². The van der Waals surface area contributed by atoms with E-state index in [1.54, 1.807) is 48.9 Å². The molecule has 12 heteroatoms. The van der Waals surface area contributed by atoms with Gasteiger partial charge in [0.25, 0.3) is 10.0 Å². The van der Waals surface area contributed by atoms with Gasteiger partial charge in [0, 0.05) is 49.9 Å². The van der Waals surface area contributed by atoms with Crippen molar-refractivity contribution in [2.75, 3.05) is 24.9 Å². The second-order valence-electron chi connectivity index (χ2n) is 11.7. The Morgan fingerprint density at radius 3 is 2.42 bits per heavy atom. The number of nitrogens with one attached hydrogen (secondary N) is 1. The number of aryl methyl sites for hydroxylation is 4. The first-order valence-corrected chi connectivity index (χ1v) is 16.5. The molecule has 0 atom stereocenters. The summed E-state index contributed by atoms with van der Waals surface area (Å²) < 4.78 is 37.4. The van der Waals surface area contributed by atoms with Crippen molar-refractivity contribution in [2.45, 2.75) is 59.0 Å². The van der Waals surface area contributed by atoms with E-state index >= 15 is 0 Å². The number of carbonyl (C=O) groups excluding carboxylic acids is 1. The lowest BCUT2D eigenvalue weighted by Gasteiger charge is -2.21. The quantitative estimate of drug-likeness (QED) is 0.225. The minimum absolute atomic E-state index is 0.0603. The summed E-state index contributed by atoms with van der Waals surface area (Å²) in [6, 6.07) is 14.9. The number of benzene rings is 2. The van der Waals surface area contributed by atoms with Crippen LogP contribution in [0.1, 0.15) is 46.5 Å². The summed E-state index contributed by atoms with van der Waals surface area (Å²) in [6.07, 6.45) is 0.747. The van der Waals surface area contributed by atoms with E-state index in [1.165, 1.54) is 0 Å². The number of likely N-dealkylation sites (N-methyl/N-ethyl adjacent to an activating group) is 1. The normalized spacial score (nSPS) is 13.8. The number of urea groups is 1. The minimum atomic E-state index is -4.04. The zero-order chi connectivity index (χ0) is 32.0. The maximum atomic E-state index is 13.8. The van der Waals surface area contributed by atoms with Crippen molar-refractivity contribution in [3.8, 4) is 11.1 Å². The first-order valence-electron chi connectivity index (χ1n) is 15.0. The van der Waals surface area contributed by atoms with Gasteiger partial charge in [-0.15, -0.1) is 0 Å². The average Bonchev–Trinajstić information content (AvgIpc) is 3.64. The molecule has 0 saturated carbocycles. The fourth-order valence-electron chi connectivity index (χ4n) is 5.88. The van der Waals surface area contributed by atoms with Gasteiger partial charge >= 0.3 is 6.03 Å². The second kappa shape index (κ2) is 11.7. The topological polar surface area (TPSA) is 126 Å². The first-order chi connectivity index (χ1) is 21.5. The van der Waals surface area contributed by atoms with Gasteiger partial charge in [-0.1, -0.05) is 48.5 Å². The molecule has 11 nitrogen and oxygen atoms in total. The smallest absolute Gasteiger partial charge is 0.320 e. The Kier molecular flexibility index (Phi) is 7.86. The van der Waals surface area contributed by atoms with Crippen LogP contribution in [0.4, 0.5) is 10.6 Å². The molecule has 6 rings (SSSR count). The molecule has 5 aromatic rings. The largest absolute Gasteiger partial charge is 0.359 e. The SMILES string of the molecule is CCc1nc2c(C)cc(C)nc2n1Cc1ccc(-c2ccccc2S(=O)(=O)Nc2noc(C)c2C)c(CN2CCN(C)C2=O)c1. The molecule has 3 aromatic heterocycles. The minimum Gasteiger partial charge on any atom is -0.359 e. The van der Waals surface area contributed by atoms with E-state index in [2.05, 4.69) is 34.4 Å². The van der Waals surface area contributed by atoms with E-state index in [0.29, 0.717) is 43.1 Å². The number of anilines is 1. The fraction of sp³-hybridized carbons (Fsp3) is 0.333. The monoisotopic (exact) mass is 627 g/mol. The Balaban J connectivity index is 1.45. The van der Waals surface area contributed by atoms with E-state index in [4.69, 9.17) is 14.5 Å². The van der Waals surface area contributed by atoms with Gasteiger partial charge in [-0.2, -0.15) is 0 Å². The molecule has 0 bridgehead atoms. The summed E-state index contributed by atoms with van der Waals surface area (Å²) in [4.78, 5) is 26.3. The summed E-state index contributed by atoms with van der Waals surface area (Å²) >= 11 is 0. The van der Waals surface area contributed by atoms with E-state index in [9.17, 15) is 13.2 Å². The number of carbonyl (C=O) groups is 1. The van der Waals surface area contributed by atoms with Crippen molar-refractivity contribution in [1.29, 1.82) is 0 Å². The maximum Gasteiger partial charge on any atom is 0.320 e. The Morgan fingerprint density at radius 1 is 0.956 bits per heavy atom. The Morgan fingerprint density at radius 2 is 1.73 bits per heavy atom. The molecule has 1 fully saturated rings. The number of hydrogen-bond donors (Lipinski definition) is 1. The van der Waals surface area contributed by atoms with Crippen molar-refractivity contribution in [1.82, 2.24) is 29.5 Å². The maximum absolute atomic E-state index is 13.8. The van der Waals surface area contributed by atoms with Crippen molar-refractivity contribution in [3.63, 3.8) is 0 Å². The number of aromatic nitrogens is 4. The number of hydrogen-bond acceptors (Lipinski definition) is 7. The van der Waals surface area contributed by atoms with E-state index in [1.807, 2.05) is 31.2 Å². The molecule has 0 unspecified atom stereocenters. The lowest BCUT2D eigenvalue weighted by molar-refractivity contribution is 0.197. The van der Waals surface area contributed by atoms with Crippen molar-refractivity contribution < 1.29 is 17.7 Å². The lowest BCUT2D eigenvalue weighted by atomic mass is 9.96. The highest BCUT2D eigenvalue weighted by Gasteiger charge is 2.28. The first kappa shape index (κ1) is 30.3. The van der Waals surface area contributed by atoms with Gasteiger partial charge in [0.15, 0.2) is 11.5 Å². The molecule has 2 amide bonds.